The van der Waals surface area contributed by atoms with Gasteiger partial charge in [-0.25, -0.2) is 0 Å². The lowest BCUT2D eigenvalue weighted by Crippen LogP contribution is -1.88. The summed E-state index contributed by atoms with van der Waals surface area (Å²) in [6.07, 6.45) is 4.82. The number of nitrogens with zero attached hydrogens (tertiary/aromatic N) is 1. The van der Waals surface area contributed by atoms with Gasteiger partial charge < -0.3 is 10.5 Å². The Balaban J connectivity index is 3.05. The van der Waals surface area contributed by atoms with Crippen LogP contribution in [0.1, 0.15) is 11.1 Å². The monoisotopic (exact) mass is 204 g/mol. The molecule has 3 nitrogen and oxygen atoms in total. The first-order chi connectivity index (χ1) is 7.19. The van der Waals surface area contributed by atoms with Crippen LogP contribution in [0.15, 0.2) is 29.4 Å². The second-order valence-electron chi connectivity index (χ2n) is 3.27. The minimum absolute atomic E-state index is 0.890. The minimum atomic E-state index is 0.890. The Bertz CT molecular complexity index is 395. The molecule has 0 saturated heterocycles. The quantitative estimate of drug-likeness (QED) is 0.769. The van der Waals surface area contributed by atoms with Gasteiger partial charge in [-0.1, -0.05) is 0 Å². The van der Waals surface area contributed by atoms with Crippen LogP contribution in [0.25, 0.3) is 0 Å². The van der Waals surface area contributed by atoms with Crippen molar-refractivity contribution < 1.29 is 4.74 Å². The molecule has 0 heterocycles. The number of rotatable bonds is 3. The molecule has 0 radical (unpaired) electrons. The number of hydrogen-bond donors (Lipinski definition) is 1. The highest BCUT2D eigenvalue weighted by atomic mass is 16.5. The van der Waals surface area contributed by atoms with E-state index < -0.39 is 0 Å². The third-order valence-corrected chi connectivity index (χ3v) is 2.12. The van der Waals surface area contributed by atoms with E-state index in [0.717, 1.165) is 22.6 Å². The smallest absolute Gasteiger partial charge is 0.122 e. The zero-order chi connectivity index (χ0) is 11.3. The zero-order valence-electron chi connectivity index (χ0n) is 9.32. The number of aliphatic imine (C=N–C) groups is 1. The molecule has 0 aliphatic rings. The summed E-state index contributed by atoms with van der Waals surface area (Å²) in [6.45, 7) is 4.00. The zero-order valence-corrected chi connectivity index (χ0v) is 9.32. The van der Waals surface area contributed by atoms with Crippen LogP contribution < -0.4 is 10.5 Å². The van der Waals surface area contributed by atoms with Crippen molar-refractivity contribution in [3.05, 3.63) is 35.5 Å². The fourth-order valence-corrected chi connectivity index (χ4v) is 1.31. The molecule has 0 spiro atoms. The van der Waals surface area contributed by atoms with E-state index in [-0.39, 0.29) is 0 Å². The maximum Gasteiger partial charge on any atom is 0.122 e. The van der Waals surface area contributed by atoms with Gasteiger partial charge in [0.15, 0.2) is 0 Å². The Morgan fingerprint density at radius 2 is 2.00 bits per heavy atom. The second-order valence-corrected chi connectivity index (χ2v) is 3.27. The molecule has 0 aromatic heterocycles. The van der Waals surface area contributed by atoms with E-state index in [0.29, 0.717) is 0 Å². The molecule has 15 heavy (non-hydrogen) atoms. The van der Waals surface area contributed by atoms with Gasteiger partial charge in [0.05, 0.1) is 12.8 Å². The van der Waals surface area contributed by atoms with Crippen molar-refractivity contribution in [2.24, 2.45) is 10.7 Å². The lowest BCUT2D eigenvalue weighted by Gasteiger charge is -2.07. The van der Waals surface area contributed by atoms with Gasteiger partial charge in [-0.05, 0) is 49.4 Å². The molecule has 0 amide bonds. The molecule has 2 N–H and O–H groups in total. The van der Waals surface area contributed by atoms with E-state index in [1.54, 1.807) is 19.4 Å². The predicted octanol–water partition coefficient (Wildman–Crippen LogP) is 2.49. The molecular formula is C12H16N2O. The molecule has 1 aromatic carbocycles. The molecule has 1 rings (SSSR count). The Morgan fingerprint density at radius 3 is 2.60 bits per heavy atom. The molecule has 0 unspecified atom stereocenters. The summed E-state index contributed by atoms with van der Waals surface area (Å²) >= 11 is 0. The van der Waals surface area contributed by atoms with Crippen molar-refractivity contribution in [1.82, 2.24) is 0 Å². The van der Waals surface area contributed by atoms with Crippen molar-refractivity contribution in [1.29, 1.82) is 0 Å². The maximum atomic E-state index is 5.22. The van der Waals surface area contributed by atoms with E-state index in [2.05, 4.69) is 4.99 Å². The summed E-state index contributed by atoms with van der Waals surface area (Å²) in [4.78, 5) is 4.28. The van der Waals surface area contributed by atoms with Crippen LogP contribution in [-0.2, 0) is 0 Å². The predicted molar refractivity (Wildman–Crippen MR) is 63.9 cm³/mol. The minimum Gasteiger partial charge on any atom is -0.496 e. The van der Waals surface area contributed by atoms with Gasteiger partial charge in [0.25, 0.3) is 0 Å². The third-order valence-electron chi connectivity index (χ3n) is 2.12. The molecule has 0 aliphatic heterocycles. The lowest BCUT2D eigenvalue weighted by atomic mass is 10.1. The molecule has 0 fully saturated rings. The fourth-order valence-electron chi connectivity index (χ4n) is 1.31. The van der Waals surface area contributed by atoms with E-state index in [1.165, 1.54) is 6.20 Å². The van der Waals surface area contributed by atoms with Crippen LogP contribution >= 0.6 is 0 Å². The highest BCUT2D eigenvalue weighted by Crippen LogP contribution is 2.27. The van der Waals surface area contributed by atoms with Crippen molar-refractivity contribution in [3.8, 4) is 5.75 Å². The Labute approximate surface area is 90.3 Å². The SMILES string of the molecule is COc1cc(C)c(N=CC=CN)cc1C. The average Bonchev–Trinajstić information content (AvgIpc) is 2.23. The highest BCUT2D eigenvalue weighted by molar-refractivity contribution is 5.75. The fraction of sp³-hybridized carbons (Fsp3) is 0.250. The van der Waals surface area contributed by atoms with Crippen LogP contribution in [0.2, 0.25) is 0 Å². The van der Waals surface area contributed by atoms with Crippen molar-refractivity contribution in [3.63, 3.8) is 0 Å². The number of allylic oxidation sites excluding steroid dienone is 1. The van der Waals surface area contributed by atoms with Crippen molar-refractivity contribution in [2.75, 3.05) is 7.11 Å². The summed E-state index contributed by atoms with van der Waals surface area (Å²) in [7, 11) is 1.67. The standard InChI is InChI=1S/C12H16N2O/c1-9-8-12(15-3)10(2)7-11(9)14-6-4-5-13/h4-8H,13H2,1-3H3. The Kier molecular flexibility index (Phi) is 3.92. The van der Waals surface area contributed by atoms with Crippen LogP contribution in [0.5, 0.6) is 5.75 Å². The van der Waals surface area contributed by atoms with Crippen LogP contribution in [0.3, 0.4) is 0 Å². The normalized spacial score (nSPS) is 11.4. The van der Waals surface area contributed by atoms with E-state index in [9.17, 15) is 0 Å². The van der Waals surface area contributed by atoms with E-state index >= 15 is 0 Å². The number of hydrogen-bond acceptors (Lipinski definition) is 3. The second kappa shape index (κ2) is 5.20. The topological polar surface area (TPSA) is 47.6 Å². The van der Waals surface area contributed by atoms with Crippen LogP contribution in [0.4, 0.5) is 5.69 Å². The van der Waals surface area contributed by atoms with Crippen molar-refractivity contribution >= 4 is 11.9 Å². The van der Waals surface area contributed by atoms with Gasteiger partial charge in [-0.2, -0.15) is 0 Å². The largest absolute Gasteiger partial charge is 0.496 e. The molecule has 80 valence electrons. The van der Waals surface area contributed by atoms with Crippen molar-refractivity contribution in [2.45, 2.75) is 13.8 Å². The van der Waals surface area contributed by atoms with Gasteiger partial charge in [0, 0.05) is 6.21 Å². The molecule has 0 bridgehead atoms. The van der Waals surface area contributed by atoms with Gasteiger partial charge in [-0.3, -0.25) is 4.99 Å². The number of aryl methyl sites for hydroxylation is 2. The van der Waals surface area contributed by atoms with Gasteiger partial charge in [0.1, 0.15) is 5.75 Å². The maximum absolute atomic E-state index is 5.22. The van der Waals surface area contributed by atoms with E-state index in [4.69, 9.17) is 10.5 Å². The summed E-state index contributed by atoms with van der Waals surface area (Å²) in [5.41, 5.74) is 8.31. The Morgan fingerprint density at radius 1 is 1.27 bits per heavy atom. The molecule has 0 saturated carbocycles. The van der Waals surface area contributed by atoms with Crippen LogP contribution in [0, 0.1) is 13.8 Å². The highest BCUT2D eigenvalue weighted by Gasteiger charge is 2.02. The number of benzene rings is 1. The van der Waals surface area contributed by atoms with Gasteiger partial charge in [-0.15, -0.1) is 0 Å². The number of ether oxygens (including phenoxy) is 1. The molecule has 0 atom stereocenters. The average molecular weight is 204 g/mol. The molecule has 3 heteroatoms. The first-order valence-electron chi connectivity index (χ1n) is 4.75. The first kappa shape index (κ1) is 11.3. The summed E-state index contributed by atoms with van der Waals surface area (Å²) in [5, 5.41) is 0. The summed E-state index contributed by atoms with van der Waals surface area (Å²) in [6, 6.07) is 3.98. The lowest BCUT2D eigenvalue weighted by molar-refractivity contribution is 0.411. The van der Waals surface area contributed by atoms with E-state index in [1.807, 2.05) is 26.0 Å². The molecular weight excluding hydrogens is 188 g/mol. The summed E-state index contributed by atoms with van der Waals surface area (Å²) < 4.78 is 5.22. The molecule has 0 aliphatic carbocycles. The molecule has 1 aromatic rings. The first-order valence-corrected chi connectivity index (χ1v) is 4.75. The summed E-state index contributed by atoms with van der Waals surface area (Å²) in [5.74, 6) is 0.890. The van der Waals surface area contributed by atoms with Gasteiger partial charge in [0.2, 0.25) is 0 Å². The van der Waals surface area contributed by atoms with Gasteiger partial charge >= 0.3 is 0 Å². The number of nitrogens with two attached hydrogens (primary N) is 1. The third kappa shape index (κ3) is 2.84. The Hall–Kier alpha value is -1.77. The number of methoxy groups -OCH3 is 1. The van der Waals surface area contributed by atoms with Crippen LogP contribution in [-0.4, -0.2) is 13.3 Å².